The van der Waals surface area contributed by atoms with Crippen LogP contribution in [0.1, 0.15) is 41.8 Å². The first-order valence-electron chi connectivity index (χ1n) is 11.0. The zero-order valence-electron chi connectivity index (χ0n) is 19.2. The summed E-state index contributed by atoms with van der Waals surface area (Å²) in [6.45, 7) is 6.43. The fourth-order valence-electron chi connectivity index (χ4n) is 3.22. The second-order valence-corrected chi connectivity index (χ2v) is 9.85. The number of hydrogen-bond donors (Lipinski definition) is 2. The van der Waals surface area contributed by atoms with Gasteiger partial charge in [0.1, 0.15) is 5.75 Å². The van der Waals surface area contributed by atoms with Gasteiger partial charge in [0, 0.05) is 17.8 Å². The van der Waals surface area contributed by atoms with Crippen LogP contribution in [-0.4, -0.2) is 27.0 Å². The van der Waals surface area contributed by atoms with Gasteiger partial charge < -0.3 is 10.1 Å². The Hall–Kier alpha value is -3.32. The van der Waals surface area contributed by atoms with Crippen molar-refractivity contribution < 1.29 is 17.9 Å². The van der Waals surface area contributed by atoms with Gasteiger partial charge in [0.05, 0.1) is 11.0 Å². The molecule has 0 spiro atoms. The highest BCUT2D eigenvalue weighted by Gasteiger charge is 2.14. The maximum atomic E-state index is 12.5. The molecule has 0 saturated heterocycles. The van der Waals surface area contributed by atoms with Crippen molar-refractivity contribution in [2.45, 2.75) is 44.6 Å². The number of carbonyl (C=O) groups excluding carboxylic acids is 1. The molecule has 6 nitrogen and oxygen atoms in total. The normalized spacial score (nSPS) is 11.3. The molecule has 3 rings (SSSR count). The van der Waals surface area contributed by atoms with Crippen LogP contribution in [0.3, 0.4) is 0 Å². The lowest BCUT2D eigenvalue weighted by Crippen LogP contribution is -2.24. The van der Waals surface area contributed by atoms with Gasteiger partial charge in [-0.25, -0.2) is 8.42 Å². The molecule has 0 saturated carbocycles. The number of ether oxygens (including phenoxy) is 1. The van der Waals surface area contributed by atoms with Gasteiger partial charge >= 0.3 is 0 Å². The maximum absolute atomic E-state index is 12.5. The lowest BCUT2D eigenvalue weighted by molar-refractivity contribution is 0.0953. The first-order valence-corrected chi connectivity index (χ1v) is 12.4. The molecule has 3 aromatic carbocycles. The third-order valence-electron chi connectivity index (χ3n) is 4.95. The van der Waals surface area contributed by atoms with Crippen LogP contribution in [0.4, 0.5) is 5.69 Å². The summed E-state index contributed by atoms with van der Waals surface area (Å²) in [5.74, 6) is 0.662. The third kappa shape index (κ3) is 7.36. The molecule has 0 aliphatic rings. The number of rotatable bonds is 10. The molecule has 0 aromatic heterocycles. The third-order valence-corrected chi connectivity index (χ3v) is 6.35. The molecule has 0 bridgehead atoms. The molecule has 0 aliphatic heterocycles. The van der Waals surface area contributed by atoms with E-state index in [9.17, 15) is 13.2 Å². The highest BCUT2D eigenvalue weighted by molar-refractivity contribution is 7.92. The molecule has 3 aromatic rings. The molecule has 33 heavy (non-hydrogen) atoms. The van der Waals surface area contributed by atoms with Crippen LogP contribution in [0.2, 0.25) is 0 Å². The number of hydrogen-bond acceptors (Lipinski definition) is 4. The van der Waals surface area contributed by atoms with Crippen LogP contribution in [0.5, 0.6) is 5.75 Å². The van der Waals surface area contributed by atoms with Crippen molar-refractivity contribution in [3.05, 3.63) is 89.5 Å². The lowest BCUT2D eigenvalue weighted by atomic mass is 10.1. The predicted molar refractivity (Wildman–Crippen MR) is 131 cm³/mol. The first kappa shape index (κ1) is 24.3. The van der Waals surface area contributed by atoms with E-state index in [1.807, 2.05) is 45.0 Å². The lowest BCUT2D eigenvalue weighted by Gasteiger charge is -2.10. The van der Waals surface area contributed by atoms with Crippen molar-refractivity contribution in [2.75, 3.05) is 11.3 Å². The molecule has 174 valence electrons. The van der Waals surface area contributed by atoms with Crippen LogP contribution < -0.4 is 14.8 Å². The van der Waals surface area contributed by atoms with Gasteiger partial charge in [-0.05, 0) is 87.7 Å². The van der Waals surface area contributed by atoms with Gasteiger partial charge in [0.25, 0.3) is 15.9 Å². The number of benzene rings is 3. The Morgan fingerprint density at radius 1 is 0.909 bits per heavy atom. The Labute approximate surface area is 196 Å². The molecule has 1 amide bonds. The highest BCUT2D eigenvalue weighted by atomic mass is 32.2. The van der Waals surface area contributed by atoms with Crippen molar-refractivity contribution in [1.29, 1.82) is 0 Å². The van der Waals surface area contributed by atoms with Crippen LogP contribution in [0, 0.1) is 6.92 Å². The van der Waals surface area contributed by atoms with Crippen molar-refractivity contribution in [2.24, 2.45) is 0 Å². The minimum atomic E-state index is -3.67. The fourth-order valence-corrected chi connectivity index (χ4v) is 4.28. The molecule has 7 heteroatoms. The topological polar surface area (TPSA) is 84.5 Å². The van der Waals surface area contributed by atoms with Gasteiger partial charge in [0.15, 0.2) is 0 Å². The van der Waals surface area contributed by atoms with Gasteiger partial charge in [0.2, 0.25) is 0 Å². The predicted octanol–water partition coefficient (Wildman–Crippen LogP) is 4.95. The molecular weight excluding hydrogens is 436 g/mol. The highest BCUT2D eigenvalue weighted by Crippen LogP contribution is 2.18. The number of carbonyl (C=O) groups is 1. The summed E-state index contributed by atoms with van der Waals surface area (Å²) >= 11 is 0. The van der Waals surface area contributed by atoms with E-state index >= 15 is 0 Å². The SMILES string of the molecule is Cc1ccc(S(=O)(=O)Nc2ccc(C(=O)NCCCc3ccc(OC(C)C)cc3)cc2)cc1. The molecular formula is C26H30N2O4S. The van der Waals surface area contributed by atoms with Crippen molar-refractivity contribution in [3.8, 4) is 5.75 Å². The Morgan fingerprint density at radius 2 is 1.55 bits per heavy atom. The van der Waals surface area contributed by atoms with Crippen LogP contribution in [0.15, 0.2) is 77.7 Å². The van der Waals surface area contributed by atoms with Crippen LogP contribution >= 0.6 is 0 Å². The summed E-state index contributed by atoms with van der Waals surface area (Å²) in [4.78, 5) is 12.6. The minimum absolute atomic E-state index is 0.147. The van der Waals surface area contributed by atoms with E-state index in [1.54, 1.807) is 48.5 Å². The van der Waals surface area contributed by atoms with Gasteiger partial charge in [-0.2, -0.15) is 0 Å². The van der Waals surface area contributed by atoms with E-state index in [0.717, 1.165) is 24.2 Å². The van der Waals surface area contributed by atoms with Crippen LogP contribution in [-0.2, 0) is 16.4 Å². The van der Waals surface area contributed by atoms with Crippen molar-refractivity contribution in [1.82, 2.24) is 5.32 Å². The number of aryl methyl sites for hydroxylation is 2. The molecule has 0 unspecified atom stereocenters. The molecule has 2 N–H and O–H groups in total. The number of amides is 1. The summed E-state index contributed by atoms with van der Waals surface area (Å²) < 4.78 is 33.2. The monoisotopic (exact) mass is 466 g/mol. The van der Waals surface area contributed by atoms with E-state index in [0.29, 0.717) is 17.8 Å². The number of anilines is 1. The van der Waals surface area contributed by atoms with Crippen molar-refractivity contribution >= 4 is 21.6 Å². The van der Waals surface area contributed by atoms with E-state index in [1.165, 1.54) is 5.56 Å². The Morgan fingerprint density at radius 3 is 2.15 bits per heavy atom. The summed E-state index contributed by atoms with van der Waals surface area (Å²) in [7, 11) is -3.67. The van der Waals surface area contributed by atoms with Gasteiger partial charge in [-0.15, -0.1) is 0 Å². The maximum Gasteiger partial charge on any atom is 0.261 e. The van der Waals surface area contributed by atoms with Crippen molar-refractivity contribution in [3.63, 3.8) is 0 Å². The van der Waals surface area contributed by atoms with Gasteiger partial charge in [-0.3, -0.25) is 9.52 Å². The van der Waals surface area contributed by atoms with E-state index in [-0.39, 0.29) is 16.9 Å². The zero-order chi connectivity index (χ0) is 23.8. The summed E-state index contributed by atoms with van der Waals surface area (Å²) in [6.07, 6.45) is 1.81. The largest absolute Gasteiger partial charge is 0.491 e. The second kappa shape index (κ2) is 11.0. The van der Waals surface area contributed by atoms with E-state index in [4.69, 9.17) is 4.74 Å². The molecule has 0 atom stereocenters. The summed E-state index contributed by atoms with van der Waals surface area (Å²) in [5.41, 5.74) is 3.05. The molecule has 0 aliphatic carbocycles. The summed E-state index contributed by atoms with van der Waals surface area (Å²) in [5, 5.41) is 2.90. The standard InChI is InChI=1S/C26H30N2O4S/c1-19(2)32-24-14-8-21(9-15-24)5-4-18-27-26(29)22-10-12-23(13-11-22)28-33(30,31)25-16-6-20(3)7-17-25/h6-17,19,28H,4-5,18H2,1-3H3,(H,27,29). The first-order chi connectivity index (χ1) is 15.7. The number of sulfonamides is 1. The second-order valence-electron chi connectivity index (χ2n) is 8.17. The minimum Gasteiger partial charge on any atom is -0.491 e. The fraction of sp³-hybridized carbons (Fsp3) is 0.269. The Bertz CT molecular complexity index is 1150. The number of nitrogens with one attached hydrogen (secondary N) is 2. The summed E-state index contributed by atoms with van der Waals surface area (Å²) in [6, 6.07) is 21.0. The average molecular weight is 467 g/mol. The van der Waals surface area contributed by atoms with Crippen LogP contribution in [0.25, 0.3) is 0 Å². The quantitative estimate of drug-likeness (QED) is 0.414. The van der Waals surface area contributed by atoms with Gasteiger partial charge in [-0.1, -0.05) is 29.8 Å². The van der Waals surface area contributed by atoms with E-state index in [2.05, 4.69) is 10.0 Å². The molecule has 0 radical (unpaired) electrons. The Balaban J connectivity index is 1.46. The van der Waals surface area contributed by atoms with E-state index < -0.39 is 10.0 Å². The average Bonchev–Trinajstić information content (AvgIpc) is 2.78. The smallest absolute Gasteiger partial charge is 0.261 e. The zero-order valence-corrected chi connectivity index (χ0v) is 20.0. The molecule has 0 fully saturated rings. The molecule has 0 heterocycles. The Kier molecular flexibility index (Phi) is 8.11.